The van der Waals surface area contributed by atoms with Crippen LogP contribution in [0.1, 0.15) is 25.7 Å². The van der Waals surface area contributed by atoms with E-state index in [1.807, 2.05) is 4.90 Å². The van der Waals surface area contributed by atoms with Crippen LogP contribution in [0.15, 0.2) is 10.9 Å². The van der Waals surface area contributed by atoms with E-state index >= 15 is 0 Å². The Morgan fingerprint density at radius 3 is 2.65 bits per heavy atom. The van der Waals surface area contributed by atoms with Gasteiger partial charge in [0.05, 0.1) is 6.42 Å². The van der Waals surface area contributed by atoms with Crippen molar-refractivity contribution in [2.24, 2.45) is 0 Å². The monoisotopic (exact) mass is 333 g/mol. The van der Waals surface area contributed by atoms with Crippen molar-refractivity contribution >= 4 is 17.7 Å². The lowest BCUT2D eigenvalue weighted by atomic mass is 10.0. The molecule has 1 aliphatic rings. The lowest BCUT2D eigenvalue weighted by Crippen LogP contribution is -2.45. The van der Waals surface area contributed by atoms with Crippen LogP contribution in [0.2, 0.25) is 0 Å². The number of aromatic nitrogens is 2. The van der Waals surface area contributed by atoms with Gasteiger partial charge in [-0.1, -0.05) is 0 Å². The highest BCUT2D eigenvalue weighted by molar-refractivity contribution is 5.76. The highest BCUT2D eigenvalue weighted by atomic mass is 19.4. The van der Waals surface area contributed by atoms with Crippen LogP contribution in [0.25, 0.3) is 0 Å². The summed E-state index contributed by atoms with van der Waals surface area (Å²) in [7, 11) is 0. The van der Waals surface area contributed by atoms with Crippen molar-refractivity contribution in [3.05, 3.63) is 16.4 Å². The second-order valence-electron chi connectivity index (χ2n) is 5.43. The van der Waals surface area contributed by atoms with E-state index in [0.717, 1.165) is 0 Å². The maximum Gasteiger partial charge on any atom is 0.389 e. The highest BCUT2D eigenvalue weighted by Gasteiger charge is 2.29. The Balaban J connectivity index is 1.82. The van der Waals surface area contributed by atoms with Gasteiger partial charge in [0.25, 0.3) is 5.56 Å². The number of nitrogens with zero attached hydrogens (tertiary/aromatic N) is 2. The third kappa shape index (κ3) is 5.46. The summed E-state index contributed by atoms with van der Waals surface area (Å²) in [6, 6.07) is 1.16. The molecule has 1 fully saturated rings. The van der Waals surface area contributed by atoms with Crippen LogP contribution in [0.3, 0.4) is 0 Å². The fourth-order valence-electron chi connectivity index (χ4n) is 2.43. The number of amides is 1. The predicted molar refractivity (Wildman–Crippen MR) is 77.9 cm³/mol. The van der Waals surface area contributed by atoms with Gasteiger partial charge in [0.1, 0.15) is 5.82 Å². The molecule has 0 bridgehead atoms. The molecule has 0 atom stereocenters. The number of nitrogens with one attached hydrogen (secondary N) is 2. The predicted octanol–water partition coefficient (Wildman–Crippen LogP) is 0.780. The molecule has 1 saturated heterocycles. The minimum absolute atomic E-state index is 0.0232. The number of piperidine rings is 1. The molecule has 7 nitrogen and oxygen atoms in total. The lowest BCUT2D eigenvalue weighted by Gasteiger charge is -2.33. The van der Waals surface area contributed by atoms with Gasteiger partial charge in [-0.25, -0.2) is 0 Å². The Morgan fingerprint density at radius 1 is 1.43 bits per heavy atom. The molecule has 0 unspecified atom stereocenters. The molecule has 2 heterocycles. The number of H-pyrrole nitrogens is 1. The fourth-order valence-corrected chi connectivity index (χ4v) is 2.43. The van der Waals surface area contributed by atoms with Crippen LogP contribution in [-0.4, -0.2) is 41.2 Å². The average Bonchev–Trinajstić information content (AvgIpc) is 2.44. The third-order valence-corrected chi connectivity index (χ3v) is 3.57. The van der Waals surface area contributed by atoms with Gasteiger partial charge >= 0.3 is 6.18 Å². The molecule has 0 aliphatic carbocycles. The van der Waals surface area contributed by atoms with Crippen molar-refractivity contribution in [2.45, 2.75) is 37.9 Å². The first-order valence-electron chi connectivity index (χ1n) is 7.21. The summed E-state index contributed by atoms with van der Waals surface area (Å²) in [5.41, 5.74) is 5.13. The first-order valence-corrected chi connectivity index (χ1v) is 7.21. The first kappa shape index (κ1) is 17.1. The highest BCUT2D eigenvalue weighted by Crippen LogP contribution is 2.21. The number of nitrogens with two attached hydrogens (primary N) is 1. The molecule has 1 aliphatic heterocycles. The first-order chi connectivity index (χ1) is 10.7. The average molecular weight is 333 g/mol. The van der Waals surface area contributed by atoms with E-state index in [9.17, 15) is 22.8 Å². The maximum atomic E-state index is 12.1. The Bertz CT molecular complexity index is 608. The van der Waals surface area contributed by atoms with Gasteiger partial charge in [-0.05, 0) is 12.8 Å². The normalized spacial score (nSPS) is 16.4. The van der Waals surface area contributed by atoms with E-state index in [1.54, 1.807) is 0 Å². The molecule has 2 rings (SSSR count). The molecule has 0 spiro atoms. The zero-order chi connectivity index (χ0) is 17.0. The number of carbonyl (C=O) groups excluding carboxylic acids is 1. The SMILES string of the molecule is Nc1nc(N2CCC(NC(=O)CCC(F)(F)F)CC2)cc(=O)[nH]1. The topological polar surface area (TPSA) is 104 Å². The van der Waals surface area contributed by atoms with Crippen LogP contribution in [0, 0.1) is 0 Å². The zero-order valence-electron chi connectivity index (χ0n) is 12.3. The molecular formula is C13H18F3N5O2. The van der Waals surface area contributed by atoms with E-state index in [0.29, 0.717) is 31.7 Å². The van der Waals surface area contributed by atoms with Gasteiger partial charge in [-0.2, -0.15) is 18.2 Å². The summed E-state index contributed by atoms with van der Waals surface area (Å²) in [6.07, 6.45) is -4.88. The lowest BCUT2D eigenvalue weighted by molar-refractivity contribution is -0.144. The van der Waals surface area contributed by atoms with Crippen LogP contribution in [-0.2, 0) is 4.79 Å². The number of alkyl halides is 3. The number of halogens is 3. The summed E-state index contributed by atoms with van der Waals surface area (Å²) in [6.45, 7) is 1.06. The van der Waals surface area contributed by atoms with E-state index in [4.69, 9.17) is 5.73 Å². The van der Waals surface area contributed by atoms with Crippen LogP contribution in [0.4, 0.5) is 24.9 Å². The van der Waals surface area contributed by atoms with Crippen molar-refractivity contribution < 1.29 is 18.0 Å². The van der Waals surface area contributed by atoms with Crippen molar-refractivity contribution in [1.82, 2.24) is 15.3 Å². The van der Waals surface area contributed by atoms with E-state index < -0.39 is 24.9 Å². The van der Waals surface area contributed by atoms with Gasteiger partial charge < -0.3 is 16.0 Å². The number of hydrogen-bond donors (Lipinski definition) is 3. The molecule has 1 amide bonds. The van der Waals surface area contributed by atoms with Crippen LogP contribution in [0.5, 0.6) is 0 Å². The second-order valence-corrected chi connectivity index (χ2v) is 5.43. The van der Waals surface area contributed by atoms with Crippen LogP contribution < -0.4 is 21.5 Å². The Morgan fingerprint density at radius 2 is 2.09 bits per heavy atom. The number of hydrogen-bond acceptors (Lipinski definition) is 5. The quantitative estimate of drug-likeness (QED) is 0.755. The van der Waals surface area contributed by atoms with E-state index in [1.165, 1.54) is 6.07 Å². The number of nitrogen functional groups attached to an aromatic ring is 1. The van der Waals surface area contributed by atoms with Gasteiger partial charge in [0, 0.05) is 31.6 Å². The second kappa shape index (κ2) is 6.88. The maximum absolute atomic E-state index is 12.1. The number of rotatable bonds is 4. The standard InChI is InChI=1S/C13H18F3N5O2/c14-13(15,16)4-1-10(22)18-8-2-5-21(6-3-8)9-7-11(23)20-12(17)19-9/h7-8H,1-6H2,(H,18,22)(H3,17,19,20,23). The molecule has 0 saturated carbocycles. The number of anilines is 2. The Kier molecular flexibility index (Phi) is 5.12. The molecule has 10 heteroatoms. The van der Waals surface area contributed by atoms with E-state index in [-0.39, 0.29) is 17.5 Å². The summed E-state index contributed by atoms with van der Waals surface area (Å²) in [4.78, 5) is 31.1. The molecule has 4 N–H and O–H groups in total. The molecule has 1 aromatic heterocycles. The van der Waals surface area contributed by atoms with Crippen molar-refractivity contribution in [3.8, 4) is 0 Å². The number of aromatic amines is 1. The minimum atomic E-state index is -4.33. The minimum Gasteiger partial charge on any atom is -0.369 e. The fraction of sp³-hybridized carbons (Fsp3) is 0.615. The van der Waals surface area contributed by atoms with Crippen molar-refractivity contribution in [3.63, 3.8) is 0 Å². The van der Waals surface area contributed by atoms with Gasteiger partial charge in [0.2, 0.25) is 11.9 Å². The van der Waals surface area contributed by atoms with Gasteiger partial charge in [-0.15, -0.1) is 0 Å². The molecule has 128 valence electrons. The largest absolute Gasteiger partial charge is 0.389 e. The molecule has 23 heavy (non-hydrogen) atoms. The molecule has 1 aromatic rings. The molecular weight excluding hydrogens is 315 g/mol. The van der Waals surface area contributed by atoms with Crippen molar-refractivity contribution in [1.29, 1.82) is 0 Å². The Labute approximate surface area is 130 Å². The van der Waals surface area contributed by atoms with Gasteiger partial charge in [0.15, 0.2) is 0 Å². The van der Waals surface area contributed by atoms with E-state index in [2.05, 4.69) is 15.3 Å². The van der Waals surface area contributed by atoms with Crippen LogP contribution >= 0.6 is 0 Å². The summed E-state index contributed by atoms with van der Waals surface area (Å²) in [5, 5.41) is 2.61. The third-order valence-electron chi connectivity index (χ3n) is 3.57. The number of carbonyl (C=O) groups is 1. The summed E-state index contributed by atoms with van der Waals surface area (Å²) in [5.74, 6) is -0.123. The summed E-state index contributed by atoms with van der Waals surface area (Å²) < 4.78 is 36.2. The Hall–Kier alpha value is -2.26. The molecule has 0 radical (unpaired) electrons. The zero-order valence-corrected chi connectivity index (χ0v) is 12.3. The smallest absolute Gasteiger partial charge is 0.369 e. The van der Waals surface area contributed by atoms with Crippen molar-refractivity contribution in [2.75, 3.05) is 23.7 Å². The summed E-state index contributed by atoms with van der Waals surface area (Å²) >= 11 is 0. The van der Waals surface area contributed by atoms with Gasteiger partial charge in [-0.3, -0.25) is 14.6 Å². The molecule has 0 aromatic carbocycles.